The van der Waals surface area contributed by atoms with Crippen molar-refractivity contribution >= 4 is 16.6 Å². The first-order valence-electron chi connectivity index (χ1n) is 9.81. The number of anilines is 1. The van der Waals surface area contributed by atoms with Gasteiger partial charge in [0, 0.05) is 19.8 Å². The van der Waals surface area contributed by atoms with Gasteiger partial charge in [-0.3, -0.25) is 9.36 Å². The number of rotatable bonds is 4. The molecule has 0 bridgehead atoms. The Balaban J connectivity index is 1.95. The Hall–Kier alpha value is -2.62. The van der Waals surface area contributed by atoms with Crippen molar-refractivity contribution in [2.75, 3.05) is 19.0 Å². The van der Waals surface area contributed by atoms with Crippen LogP contribution < -0.4 is 10.5 Å². The van der Waals surface area contributed by atoms with Gasteiger partial charge >= 0.3 is 0 Å². The van der Waals surface area contributed by atoms with Crippen LogP contribution >= 0.6 is 0 Å². The summed E-state index contributed by atoms with van der Waals surface area (Å²) in [7, 11) is 3.99. The molecule has 1 atom stereocenters. The summed E-state index contributed by atoms with van der Waals surface area (Å²) in [5, 5.41) is 0.700. The second kappa shape index (κ2) is 7.18. The molecule has 2 aromatic carbocycles. The number of fused-ring (bicyclic) bond motifs is 1. The van der Waals surface area contributed by atoms with Gasteiger partial charge in [0.05, 0.1) is 16.9 Å². The van der Waals surface area contributed by atoms with E-state index in [0.29, 0.717) is 11.3 Å². The lowest BCUT2D eigenvalue weighted by Gasteiger charge is -2.28. The molecule has 0 N–H and O–H groups in total. The normalized spacial score (nSPS) is 16.0. The van der Waals surface area contributed by atoms with E-state index in [9.17, 15) is 4.79 Å². The summed E-state index contributed by atoms with van der Waals surface area (Å²) in [6, 6.07) is 16.5. The fraction of sp³-hybridized carbons (Fsp3) is 0.391. The topological polar surface area (TPSA) is 38.1 Å². The van der Waals surface area contributed by atoms with E-state index in [0.717, 1.165) is 17.0 Å². The van der Waals surface area contributed by atoms with Crippen molar-refractivity contribution in [2.24, 2.45) is 5.92 Å². The molecule has 1 heterocycles. The molecule has 3 aromatic rings. The lowest BCUT2D eigenvalue weighted by atomic mass is 9.91. The number of aryl methyl sites for hydroxylation is 1. The Morgan fingerprint density at radius 3 is 2.44 bits per heavy atom. The third-order valence-electron chi connectivity index (χ3n) is 5.84. The largest absolute Gasteiger partial charge is 0.378 e. The van der Waals surface area contributed by atoms with Crippen molar-refractivity contribution < 1.29 is 0 Å². The summed E-state index contributed by atoms with van der Waals surface area (Å²) in [4.78, 5) is 20.4. The zero-order valence-corrected chi connectivity index (χ0v) is 16.4. The monoisotopic (exact) mass is 361 g/mol. The van der Waals surface area contributed by atoms with Gasteiger partial charge in [-0.2, -0.15) is 0 Å². The third kappa shape index (κ3) is 3.25. The van der Waals surface area contributed by atoms with Gasteiger partial charge < -0.3 is 4.90 Å². The summed E-state index contributed by atoms with van der Waals surface area (Å²) >= 11 is 0. The van der Waals surface area contributed by atoms with Crippen LogP contribution in [0.5, 0.6) is 0 Å². The fourth-order valence-corrected chi connectivity index (χ4v) is 4.46. The average Bonchev–Trinajstić information content (AvgIpc) is 3.19. The number of hydrogen-bond donors (Lipinski definition) is 0. The second-order valence-electron chi connectivity index (χ2n) is 7.83. The van der Waals surface area contributed by atoms with Crippen LogP contribution in [0.3, 0.4) is 0 Å². The van der Waals surface area contributed by atoms with Gasteiger partial charge in [0.1, 0.15) is 5.82 Å². The van der Waals surface area contributed by atoms with Crippen LogP contribution in [-0.4, -0.2) is 23.6 Å². The number of hydrogen-bond acceptors (Lipinski definition) is 3. The van der Waals surface area contributed by atoms with Gasteiger partial charge in [0.25, 0.3) is 5.56 Å². The summed E-state index contributed by atoms with van der Waals surface area (Å²) in [6.45, 7) is 1.96. The number of benzene rings is 2. The summed E-state index contributed by atoms with van der Waals surface area (Å²) < 4.78 is 1.95. The third-order valence-corrected chi connectivity index (χ3v) is 5.84. The molecule has 1 saturated carbocycles. The Morgan fingerprint density at radius 1 is 1.07 bits per heavy atom. The predicted molar refractivity (Wildman–Crippen MR) is 112 cm³/mol. The van der Waals surface area contributed by atoms with Crippen LogP contribution in [0.2, 0.25) is 0 Å². The van der Waals surface area contributed by atoms with E-state index in [-0.39, 0.29) is 11.6 Å². The Bertz CT molecular complexity index is 1000. The molecule has 27 heavy (non-hydrogen) atoms. The molecule has 1 aliphatic rings. The van der Waals surface area contributed by atoms with Crippen molar-refractivity contribution in [3.05, 3.63) is 70.3 Å². The SMILES string of the molecule is Cc1nc2ccc(N(C)C)cc2c(=O)n1C(c1ccccc1)C1CCCC1. The molecule has 4 heteroatoms. The van der Waals surface area contributed by atoms with E-state index in [1.54, 1.807) is 0 Å². The lowest BCUT2D eigenvalue weighted by molar-refractivity contribution is 0.370. The standard InChI is InChI=1S/C23H27N3O/c1-16-24-21-14-13-19(25(2)3)15-20(21)23(27)26(16)22(18-11-7-8-12-18)17-9-5-4-6-10-17/h4-6,9-10,13-15,18,22H,7-8,11-12H2,1-3H3. The second-order valence-corrected chi connectivity index (χ2v) is 7.83. The Kier molecular flexibility index (Phi) is 4.73. The van der Waals surface area contributed by atoms with Crippen molar-refractivity contribution in [3.8, 4) is 0 Å². The van der Waals surface area contributed by atoms with E-state index >= 15 is 0 Å². The fourth-order valence-electron chi connectivity index (χ4n) is 4.46. The number of nitrogens with zero attached hydrogens (tertiary/aromatic N) is 3. The first-order valence-corrected chi connectivity index (χ1v) is 9.81. The smallest absolute Gasteiger partial charge is 0.262 e. The molecule has 0 spiro atoms. The molecule has 4 nitrogen and oxygen atoms in total. The van der Waals surface area contributed by atoms with Gasteiger partial charge in [-0.15, -0.1) is 0 Å². The summed E-state index contributed by atoms with van der Waals surface area (Å²) in [5.41, 5.74) is 3.08. The van der Waals surface area contributed by atoms with E-state index in [1.165, 1.54) is 31.2 Å². The summed E-state index contributed by atoms with van der Waals surface area (Å²) in [6.07, 6.45) is 4.82. The van der Waals surface area contributed by atoms with Crippen LogP contribution in [-0.2, 0) is 0 Å². The molecule has 1 aliphatic carbocycles. The molecular weight excluding hydrogens is 334 g/mol. The molecule has 0 saturated heterocycles. The van der Waals surface area contributed by atoms with Gasteiger partial charge in [-0.1, -0.05) is 43.2 Å². The highest BCUT2D eigenvalue weighted by Gasteiger charge is 2.30. The molecule has 4 rings (SSSR count). The average molecular weight is 361 g/mol. The van der Waals surface area contributed by atoms with Crippen molar-refractivity contribution in [2.45, 2.75) is 38.6 Å². The minimum absolute atomic E-state index is 0.0566. The summed E-state index contributed by atoms with van der Waals surface area (Å²) in [5.74, 6) is 1.28. The zero-order chi connectivity index (χ0) is 19.0. The van der Waals surface area contributed by atoms with E-state index < -0.39 is 0 Å². The zero-order valence-electron chi connectivity index (χ0n) is 16.4. The van der Waals surface area contributed by atoms with Crippen LogP contribution in [0.4, 0.5) is 5.69 Å². The van der Waals surface area contributed by atoms with E-state index in [2.05, 4.69) is 24.3 Å². The lowest BCUT2D eigenvalue weighted by Crippen LogP contribution is -2.32. The molecule has 140 valence electrons. The quantitative estimate of drug-likeness (QED) is 0.684. The Morgan fingerprint density at radius 2 is 1.78 bits per heavy atom. The maximum absolute atomic E-state index is 13.6. The van der Waals surface area contributed by atoms with Crippen molar-refractivity contribution in [1.29, 1.82) is 0 Å². The van der Waals surface area contributed by atoms with Gasteiger partial charge in [-0.05, 0) is 49.4 Å². The van der Waals surface area contributed by atoms with Crippen LogP contribution in [0.15, 0.2) is 53.3 Å². The van der Waals surface area contributed by atoms with Crippen LogP contribution in [0.25, 0.3) is 10.9 Å². The highest BCUT2D eigenvalue weighted by atomic mass is 16.1. The molecule has 1 fully saturated rings. The molecule has 0 amide bonds. The highest BCUT2D eigenvalue weighted by molar-refractivity contribution is 5.81. The minimum Gasteiger partial charge on any atom is -0.378 e. The minimum atomic E-state index is 0.0566. The van der Waals surface area contributed by atoms with Gasteiger partial charge in [0.2, 0.25) is 0 Å². The molecular formula is C23H27N3O. The predicted octanol–water partition coefficient (Wildman–Crippen LogP) is 4.55. The molecule has 0 aliphatic heterocycles. The van der Waals surface area contributed by atoms with Crippen LogP contribution in [0, 0.1) is 12.8 Å². The van der Waals surface area contributed by atoms with Gasteiger partial charge in [-0.25, -0.2) is 4.98 Å². The maximum atomic E-state index is 13.6. The molecule has 0 radical (unpaired) electrons. The highest BCUT2D eigenvalue weighted by Crippen LogP contribution is 2.38. The van der Waals surface area contributed by atoms with Crippen LogP contribution in [0.1, 0.15) is 43.1 Å². The number of aromatic nitrogens is 2. The van der Waals surface area contributed by atoms with Crippen molar-refractivity contribution in [3.63, 3.8) is 0 Å². The van der Waals surface area contributed by atoms with Crippen molar-refractivity contribution in [1.82, 2.24) is 9.55 Å². The molecule has 1 unspecified atom stereocenters. The van der Waals surface area contributed by atoms with Gasteiger partial charge in [0.15, 0.2) is 0 Å². The Labute approximate surface area is 160 Å². The first-order chi connectivity index (χ1) is 13.1. The van der Waals surface area contributed by atoms with E-state index in [1.807, 2.05) is 54.8 Å². The van der Waals surface area contributed by atoms with E-state index in [4.69, 9.17) is 4.98 Å². The maximum Gasteiger partial charge on any atom is 0.262 e. The first kappa shape index (κ1) is 17.8. The molecule has 1 aromatic heterocycles.